The van der Waals surface area contributed by atoms with Gasteiger partial charge in [0.25, 0.3) is 0 Å². The molecule has 0 aliphatic rings. The van der Waals surface area contributed by atoms with Crippen LogP contribution in [0.25, 0.3) is 3.62 Å². The molecule has 0 saturated carbocycles. The van der Waals surface area contributed by atoms with E-state index in [1.807, 2.05) is 0 Å². The molecule has 0 aliphatic carbocycles. The topological polar surface area (TPSA) is 0 Å². The van der Waals surface area contributed by atoms with Gasteiger partial charge < -0.3 is 0 Å². The summed E-state index contributed by atoms with van der Waals surface area (Å²) in [4.78, 5) is 0. The van der Waals surface area contributed by atoms with E-state index in [4.69, 9.17) is 0 Å². The molecule has 0 fully saturated rings. The third-order valence-corrected chi connectivity index (χ3v) is 10.2. The van der Waals surface area contributed by atoms with Gasteiger partial charge in [-0.05, 0) is 0 Å². The zero-order valence-corrected chi connectivity index (χ0v) is 16.7. The minimum atomic E-state index is -0.327. The van der Waals surface area contributed by atoms with Crippen molar-refractivity contribution in [1.29, 1.82) is 0 Å². The van der Waals surface area contributed by atoms with Gasteiger partial charge >= 0.3 is 153 Å². The Morgan fingerprint density at radius 2 is 1.09 bits per heavy atom. The van der Waals surface area contributed by atoms with Gasteiger partial charge in [0, 0.05) is 0 Å². The number of hydrogen-bond acceptors (Lipinski definition) is 0. The Balaban J connectivity index is 1.86. The van der Waals surface area contributed by atoms with Crippen LogP contribution in [0.5, 0.6) is 0 Å². The fourth-order valence-electron chi connectivity index (χ4n) is 1.99. The van der Waals surface area contributed by atoms with Crippen LogP contribution in [-0.2, 0) is 0 Å². The first kappa shape index (κ1) is 15.9. The summed E-state index contributed by atoms with van der Waals surface area (Å²) in [6.07, 6.45) is 0. The van der Waals surface area contributed by atoms with E-state index in [1.54, 1.807) is 3.62 Å². The fourth-order valence-corrected chi connectivity index (χ4v) is 8.23. The van der Waals surface area contributed by atoms with Crippen molar-refractivity contribution in [2.24, 2.45) is 0 Å². The first-order valence-electron chi connectivity index (χ1n) is 7.12. The van der Waals surface area contributed by atoms with Gasteiger partial charge in [-0.3, -0.25) is 0 Å². The number of hydrogen-bond donors (Lipinski definition) is 0. The number of benzene rings is 3. The van der Waals surface area contributed by atoms with Crippen LogP contribution < -0.4 is 7.22 Å². The summed E-state index contributed by atoms with van der Waals surface area (Å²) in [5.74, 6) is 0. The third kappa shape index (κ3) is 4.74. The van der Waals surface area contributed by atoms with Gasteiger partial charge in [0.2, 0.25) is 0 Å². The average molecular weight is 512 g/mol. The van der Waals surface area contributed by atoms with Crippen LogP contribution in [0.4, 0.5) is 0 Å². The van der Waals surface area contributed by atoms with Crippen LogP contribution in [0, 0.1) is 0 Å². The summed E-state index contributed by atoms with van der Waals surface area (Å²) in [6.45, 7) is 0. The zero-order chi connectivity index (χ0) is 15.0. The predicted molar refractivity (Wildman–Crippen MR) is 98.1 cm³/mol. The second-order valence-corrected chi connectivity index (χ2v) is 10.6. The second-order valence-electron chi connectivity index (χ2n) is 4.69. The van der Waals surface area contributed by atoms with Crippen molar-refractivity contribution in [3.63, 3.8) is 0 Å². The quantitative estimate of drug-likeness (QED) is 0.462. The average Bonchev–Trinajstić information content (AvgIpc) is 2.61. The van der Waals surface area contributed by atoms with Gasteiger partial charge in [0.15, 0.2) is 0 Å². The van der Waals surface area contributed by atoms with Crippen molar-refractivity contribution in [1.82, 2.24) is 0 Å². The van der Waals surface area contributed by atoms with Crippen LogP contribution in [0.3, 0.4) is 0 Å². The van der Waals surface area contributed by atoms with E-state index in [2.05, 4.69) is 95.1 Å². The monoisotopic (exact) mass is 516 g/mol. The van der Waals surface area contributed by atoms with Gasteiger partial charge in [-0.1, -0.05) is 0 Å². The van der Waals surface area contributed by atoms with Crippen molar-refractivity contribution >= 4 is 52.7 Å². The maximum atomic E-state index is 2.55. The van der Waals surface area contributed by atoms with Crippen molar-refractivity contribution in [2.75, 3.05) is 0 Å². The van der Waals surface area contributed by atoms with E-state index >= 15 is 0 Å². The zero-order valence-electron chi connectivity index (χ0n) is 12.1. The van der Waals surface area contributed by atoms with Crippen LogP contribution in [-0.4, -0.2) is 41.8 Å². The van der Waals surface area contributed by atoms with E-state index in [1.165, 1.54) is 12.8 Å². The molecule has 3 rings (SSSR count). The molecule has 0 heterocycles. The summed E-state index contributed by atoms with van der Waals surface area (Å²) in [5.41, 5.74) is 1.40. The summed E-state index contributed by atoms with van der Waals surface area (Å²) >= 11 is -0.589. The first-order valence-corrected chi connectivity index (χ1v) is 12.0. The molecule has 0 aromatic heterocycles. The van der Waals surface area contributed by atoms with Gasteiger partial charge in [-0.25, -0.2) is 0 Å². The standard InChI is InChI=1S/C20H16Te2/c1-4-10-17(11-5-1)20(22-19-14-8-3-9-15-19)16-21-18-12-6-2-7-13-18/h1-16H/b20-16+. The summed E-state index contributed by atoms with van der Waals surface area (Å²) in [6, 6.07) is 32.7. The Hall–Kier alpha value is -1.02. The van der Waals surface area contributed by atoms with Crippen molar-refractivity contribution in [3.8, 4) is 0 Å². The Bertz CT molecular complexity index is 719. The van der Waals surface area contributed by atoms with Crippen molar-refractivity contribution < 1.29 is 0 Å². The van der Waals surface area contributed by atoms with E-state index in [-0.39, 0.29) is 41.8 Å². The molecule has 3 aromatic rings. The van der Waals surface area contributed by atoms with Crippen molar-refractivity contribution in [3.05, 3.63) is 101 Å². The van der Waals surface area contributed by atoms with E-state index < -0.39 is 0 Å². The SMILES string of the molecule is C(/[Te]c1ccccc1)=C(\[Te]c1ccccc1)c1ccccc1. The molecule has 0 saturated heterocycles. The molecular weight excluding hydrogens is 495 g/mol. The second kappa shape index (κ2) is 8.57. The van der Waals surface area contributed by atoms with Crippen LogP contribution in [0.2, 0.25) is 0 Å². The Morgan fingerprint density at radius 1 is 0.591 bits per heavy atom. The Morgan fingerprint density at radius 3 is 1.68 bits per heavy atom. The molecule has 0 bridgehead atoms. The van der Waals surface area contributed by atoms with Gasteiger partial charge in [-0.15, -0.1) is 0 Å². The van der Waals surface area contributed by atoms with E-state index in [0.29, 0.717) is 0 Å². The first-order chi connectivity index (χ1) is 10.9. The summed E-state index contributed by atoms with van der Waals surface area (Å²) in [5, 5.41) is 0. The molecule has 0 aliphatic heterocycles. The van der Waals surface area contributed by atoms with Gasteiger partial charge in [-0.2, -0.15) is 0 Å². The van der Waals surface area contributed by atoms with Crippen LogP contribution >= 0.6 is 0 Å². The minimum absolute atomic E-state index is 0.262. The van der Waals surface area contributed by atoms with Gasteiger partial charge in [0.05, 0.1) is 0 Å². The molecule has 0 N–H and O–H groups in total. The Labute approximate surface area is 152 Å². The van der Waals surface area contributed by atoms with Crippen LogP contribution in [0.1, 0.15) is 5.56 Å². The van der Waals surface area contributed by atoms with Crippen molar-refractivity contribution in [2.45, 2.75) is 0 Å². The van der Waals surface area contributed by atoms with E-state index in [0.717, 1.165) is 0 Å². The summed E-state index contributed by atoms with van der Waals surface area (Å²) < 4.78 is 7.12. The molecule has 3 aromatic carbocycles. The fraction of sp³-hybridized carbons (Fsp3) is 0. The predicted octanol–water partition coefficient (Wildman–Crippen LogP) is 3.04. The third-order valence-electron chi connectivity index (χ3n) is 3.07. The molecule has 0 spiro atoms. The summed E-state index contributed by atoms with van der Waals surface area (Å²) in [7, 11) is 0. The molecule has 0 nitrogen and oxygen atoms in total. The molecule has 0 unspecified atom stereocenters. The number of rotatable bonds is 5. The Kier molecular flexibility index (Phi) is 6.18. The van der Waals surface area contributed by atoms with Crippen LogP contribution in [0.15, 0.2) is 95.1 Å². The molecule has 2 heteroatoms. The van der Waals surface area contributed by atoms with E-state index in [9.17, 15) is 0 Å². The molecule has 0 amide bonds. The molecular formula is C20H16Te2. The molecule has 22 heavy (non-hydrogen) atoms. The molecule has 0 radical (unpaired) electrons. The molecule has 108 valence electrons. The molecule has 0 atom stereocenters. The normalized spacial score (nSPS) is 11.4. The maximum absolute atomic E-state index is 2.55. The van der Waals surface area contributed by atoms with Gasteiger partial charge in [0.1, 0.15) is 0 Å².